The molecule has 0 fully saturated rings. The minimum Gasteiger partial charge on any atom is -0.337 e. The van der Waals surface area contributed by atoms with Crippen LogP contribution in [0.1, 0.15) is 21.5 Å². The van der Waals surface area contributed by atoms with Gasteiger partial charge >= 0.3 is 0 Å². The van der Waals surface area contributed by atoms with Crippen molar-refractivity contribution in [3.63, 3.8) is 0 Å². The molecule has 2 aromatic carbocycles. The summed E-state index contributed by atoms with van der Waals surface area (Å²) in [5.74, 6) is 5.39. The van der Waals surface area contributed by atoms with E-state index >= 15 is 0 Å². The normalized spacial score (nSPS) is 10.3. The van der Waals surface area contributed by atoms with Gasteiger partial charge in [0.2, 0.25) is 0 Å². The number of benzene rings is 2. The van der Waals surface area contributed by atoms with Gasteiger partial charge in [-0.25, -0.2) is 0 Å². The highest BCUT2D eigenvalue weighted by Gasteiger charge is 2.14. The Balaban J connectivity index is 2.16. The number of nitrogens with zero attached hydrogens (tertiary/aromatic N) is 1. The summed E-state index contributed by atoms with van der Waals surface area (Å²) in [6.45, 7) is 2.47. The number of amides is 1. The van der Waals surface area contributed by atoms with Crippen LogP contribution in [0, 0.1) is 6.92 Å². The average Bonchev–Trinajstić information content (AvgIpc) is 2.48. The molecular formula is C16H18BrN3O. The van der Waals surface area contributed by atoms with Gasteiger partial charge in [-0.2, -0.15) is 0 Å². The van der Waals surface area contributed by atoms with Crippen LogP contribution >= 0.6 is 15.9 Å². The van der Waals surface area contributed by atoms with E-state index in [2.05, 4.69) is 21.4 Å². The van der Waals surface area contributed by atoms with Crippen LogP contribution in [0.25, 0.3) is 0 Å². The Morgan fingerprint density at radius 3 is 2.62 bits per heavy atom. The lowest BCUT2D eigenvalue weighted by molar-refractivity contribution is 0.0785. The van der Waals surface area contributed by atoms with Crippen LogP contribution < -0.4 is 11.3 Å². The molecule has 21 heavy (non-hydrogen) atoms. The molecule has 0 atom stereocenters. The van der Waals surface area contributed by atoms with Gasteiger partial charge in [0.25, 0.3) is 5.91 Å². The number of halogens is 1. The summed E-state index contributed by atoms with van der Waals surface area (Å²) in [7, 11) is 1.80. The molecule has 0 spiro atoms. The number of hydrazine groups is 1. The number of rotatable bonds is 4. The molecule has 0 radical (unpaired) electrons. The summed E-state index contributed by atoms with van der Waals surface area (Å²) < 4.78 is 1.00. The van der Waals surface area contributed by atoms with E-state index in [1.807, 2.05) is 43.3 Å². The number of carbonyl (C=O) groups is 1. The smallest absolute Gasteiger partial charge is 0.253 e. The molecule has 4 nitrogen and oxygen atoms in total. The second-order valence-electron chi connectivity index (χ2n) is 4.93. The van der Waals surface area contributed by atoms with Crippen LogP contribution in [0.5, 0.6) is 0 Å². The molecule has 0 saturated heterocycles. The van der Waals surface area contributed by atoms with Gasteiger partial charge in [0.1, 0.15) is 0 Å². The number of aryl methyl sites for hydroxylation is 1. The van der Waals surface area contributed by atoms with Gasteiger partial charge in [0.05, 0.1) is 5.69 Å². The molecule has 0 bridgehead atoms. The van der Waals surface area contributed by atoms with E-state index < -0.39 is 0 Å². The lowest BCUT2D eigenvalue weighted by atomic mass is 10.1. The second kappa shape index (κ2) is 6.74. The van der Waals surface area contributed by atoms with Crippen LogP contribution in [0.3, 0.4) is 0 Å². The van der Waals surface area contributed by atoms with Crippen LogP contribution in [0.15, 0.2) is 46.9 Å². The van der Waals surface area contributed by atoms with Crippen LogP contribution in [-0.2, 0) is 6.54 Å². The van der Waals surface area contributed by atoms with Gasteiger partial charge in [0, 0.05) is 23.6 Å². The number of carbonyl (C=O) groups excluding carboxylic acids is 1. The molecule has 1 amide bonds. The van der Waals surface area contributed by atoms with Gasteiger partial charge in [-0.3, -0.25) is 10.6 Å². The molecule has 0 aliphatic rings. The fourth-order valence-corrected chi connectivity index (χ4v) is 2.54. The SMILES string of the molecule is Cc1cc(C(=O)N(C)Cc2ccccc2Br)ccc1NN. The first-order valence-electron chi connectivity index (χ1n) is 6.59. The van der Waals surface area contributed by atoms with E-state index in [-0.39, 0.29) is 5.91 Å². The third kappa shape index (κ3) is 3.62. The largest absolute Gasteiger partial charge is 0.337 e. The molecule has 0 heterocycles. The minimum absolute atomic E-state index is 0.0163. The van der Waals surface area contributed by atoms with Crippen molar-refractivity contribution in [1.29, 1.82) is 0 Å². The summed E-state index contributed by atoms with van der Waals surface area (Å²) in [6.07, 6.45) is 0. The summed E-state index contributed by atoms with van der Waals surface area (Å²) in [6, 6.07) is 13.3. The molecule has 110 valence electrons. The fraction of sp³-hybridized carbons (Fsp3) is 0.188. The minimum atomic E-state index is -0.0163. The van der Waals surface area contributed by atoms with Crippen molar-refractivity contribution in [3.05, 3.63) is 63.6 Å². The molecule has 0 aliphatic carbocycles. The van der Waals surface area contributed by atoms with E-state index in [1.165, 1.54) is 0 Å². The Bertz CT molecular complexity index is 658. The highest BCUT2D eigenvalue weighted by molar-refractivity contribution is 9.10. The molecule has 5 heteroatoms. The molecule has 0 saturated carbocycles. The highest BCUT2D eigenvalue weighted by Crippen LogP contribution is 2.20. The summed E-state index contributed by atoms with van der Waals surface area (Å²) in [5.41, 5.74) is 6.10. The topological polar surface area (TPSA) is 58.4 Å². The highest BCUT2D eigenvalue weighted by atomic mass is 79.9. The van der Waals surface area contributed by atoms with Gasteiger partial charge < -0.3 is 10.3 Å². The monoisotopic (exact) mass is 347 g/mol. The number of hydrogen-bond donors (Lipinski definition) is 2. The average molecular weight is 348 g/mol. The number of nitrogens with one attached hydrogen (secondary N) is 1. The Kier molecular flexibility index (Phi) is 4.98. The Morgan fingerprint density at radius 2 is 2.00 bits per heavy atom. The van der Waals surface area contributed by atoms with Gasteiger partial charge in [0.15, 0.2) is 0 Å². The van der Waals surface area contributed by atoms with Crippen molar-refractivity contribution >= 4 is 27.5 Å². The van der Waals surface area contributed by atoms with E-state index in [0.29, 0.717) is 12.1 Å². The molecule has 2 rings (SSSR count). The van der Waals surface area contributed by atoms with E-state index in [1.54, 1.807) is 18.0 Å². The van der Waals surface area contributed by atoms with Crippen LogP contribution in [-0.4, -0.2) is 17.9 Å². The third-order valence-corrected chi connectivity index (χ3v) is 4.11. The van der Waals surface area contributed by atoms with Gasteiger partial charge in [-0.15, -0.1) is 0 Å². The molecule has 2 aromatic rings. The zero-order chi connectivity index (χ0) is 15.4. The summed E-state index contributed by atoms with van der Waals surface area (Å²) in [4.78, 5) is 14.2. The first-order chi connectivity index (χ1) is 10.0. The summed E-state index contributed by atoms with van der Waals surface area (Å²) >= 11 is 3.50. The van der Waals surface area contributed by atoms with Crippen molar-refractivity contribution in [2.45, 2.75) is 13.5 Å². The predicted molar refractivity (Wildman–Crippen MR) is 88.9 cm³/mol. The quantitative estimate of drug-likeness (QED) is 0.658. The predicted octanol–water partition coefficient (Wildman–Crippen LogP) is 3.32. The molecule has 0 aliphatic heterocycles. The van der Waals surface area contributed by atoms with Crippen LogP contribution in [0.2, 0.25) is 0 Å². The van der Waals surface area contributed by atoms with Crippen molar-refractivity contribution in [2.24, 2.45) is 5.84 Å². The number of hydrogen-bond acceptors (Lipinski definition) is 3. The molecular weight excluding hydrogens is 330 g/mol. The van der Waals surface area contributed by atoms with Crippen molar-refractivity contribution < 1.29 is 4.79 Å². The van der Waals surface area contributed by atoms with Gasteiger partial charge in [-0.05, 0) is 42.3 Å². The third-order valence-electron chi connectivity index (χ3n) is 3.34. The second-order valence-corrected chi connectivity index (χ2v) is 5.78. The summed E-state index contributed by atoms with van der Waals surface area (Å²) in [5, 5.41) is 0. The fourth-order valence-electron chi connectivity index (χ4n) is 2.13. The maximum absolute atomic E-state index is 12.5. The number of nitrogen functional groups attached to an aromatic ring is 1. The van der Waals surface area contributed by atoms with E-state index in [0.717, 1.165) is 21.3 Å². The molecule has 3 N–H and O–H groups in total. The number of anilines is 1. The standard InChI is InChI=1S/C16H18BrN3O/c1-11-9-12(7-8-15(11)19-18)16(21)20(2)10-13-5-3-4-6-14(13)17/h3-9,19H,10,18H2,1-2H3. The zero-order valence-corrected chi connectivity index (χ0v) is 13.6. The zero-order valence-electron chi connectivity index (χ0n) is 12.1. The first kappa shape index (κ1) is 15.5. The van der Waals surface area contributed by atoms with Crippen molar-refractivity contribution in [2.75, 3.05) is 12.5 Å². The maximum atomic E-state index is 12.5. The van der Waals surface area contributed by atoms with Crippen LogP contribution in [0.4, 0.5) is 5.69 Å². The molecule has 0 aromatic heterocycles. The number of nitrogens with two attached hydrogens (primary N) is 1. The van der Waals surface area contributed by atoms with E-state index in [9.17, 15) is 4.79 Å². The molecule has 0 unspecified atom stereocenters. The maximum Gasteiger partial charge on any atom is 0.253 e. The Labute approximate surface area is 133 Å². The first-order valence-corrected chi connectivity index (χ1v) is 7.38. The Hall–Kier alpha value is -1.85. The van der Waals surface area contributed by atoms with Crippen molar-refractivity contribution in [1.82, 2.24) is 4.90 Å². The van der Waals surface area contributed by atoms with Gasteiger partial charge in [-0.1, -0.05) is 34.1 Å². The lowest BCUT2D eigenvalue weighted by Crippen LogP contribution is -2.26. The Morgan fingerprint density at radius 1 is 1.29 bits per heavy atom. The lowest BCUT2D eigenvalue weighted by Gasteiger charge is -2.19. The van der Waals surface area contributed by atoms with Crippen molar-refractivity contribution in [3.8, 4) is 0 Å². The van der Waals surface area contributed by atoms with E-state index in [4.69, 9.17) is 5.84 Å².